The van der Waals surface area contributed by atoms with E-state index < -0.39 is 32.7 Å². The Hall–Kier alpha value is -1.78. The molecule has 0 spiro atoms. The summed E-state index contributed by atoms with van der Waals surface area (Å²) < 4.78 is 54.0. The van der Waals surface area contributed by atoms with E-state index in [0.29, 0.717) is 0 Å². The van der Waals surface area contributed by atoms with Crippen molar-refractivity contribution in [3.63, 3.8) is 0 Å². The van der Waals surface area contributed by atoms with E-state index >= 15 is 0 Å². The molecular weight excluding hydrogens is 388 g/mol. The number of sulfonamides is 2. The molecule has 0 aliphatic heterocycles. The van der Waals surface area contributed by atoms with Crippen molar-refractivity contribution >= 4 is 20.0 Å². The molecule has 0 unspecified atom stereocenters. The van der Waals surface area contributed by atoms with Gasteiger partial charge >= 0.3 is 0 Å². The molecule has 0 aliphatic carbocycles. The van der Waals surface area contributed by atoms with Crippen molar-refractivity contribution in [2.75, 3.05) is 13.2 Å². The molecule has 0 amide bonds. The van der Waals surface area contributed by atoms with Gasteiger partial charge in [-0.3, -0.25) is 0 Å². The summed E-state index contributed by atoms with van der Waals surface area (Å²) in [5.74, 6) is 0. The number of hydrogen-bond donors (Lipinski definition) is 3. The Bertz CT molecular complexity index is 954. The molecule has 0 heterocycles. The van der Waals surface area contributed by atoms with E-state index in [9.17, 15) is 21.9 Å². The molecule has 148 valence electrons. The van der Waals surface area contributed by atoms with Crippen LogP contribution in [0.4, 0.5) is 0 Å². The van der Waals surface area contributed by atoms with Gasteiger partial charge < -0.3 is 5.11 Å². The molecule has 7 nitrogen and oxygen atoms in total. The minimum absolute atomic E-state index is 0.0160. The van der Waals surface area contributed by atoms with E-state index in [1.54, 1.807) is 24.3 Å². The highest BCUT2D eigenvalue weighted by Crippen LogP contribution is 2.12. The van der Waals surface area contributed by atoms with E-state index in [2.05, 4.69) is 9.44 Å². The summed E-state index contributed by atoms with van der Waals surface area (Å²) in [5, 5.41) is 9.45. The van der Waals surface area contributed by atoms with E-state index in [1.807, 2.05) is 13.8 Å². The fraction of sp³-hybridized carbons (Fsp3) is 0.333. The van der Waals surface area contributed by atoms with E-state index in [1.165, 1.54) is 24.3 Å². The van der Waals surface area contributed by atoms with E-state index in [0.717, 1.165) is 11.1 Å². The molecule has 0 radical (unpaired) electrons. The van der Waals surface area contributed by atoms with Crippen LogP contribution in [-0.2, 0) is 20.0 Å². The van der Waals surface area contributed by atoms with Gasteiger partial charge in [-0.05, 0) is 44.5 Å². The summed E-state index contributed by atoms with van der Waals surface area (Å²) in [6.07, 6.45) is 0.104. The number of nitrogens with one attached hydrogen (secondary N) is 2. The van der Waals surface area contributed by atoms with Crippen molar-refractivity contribution in [1.29, 1.82) is 0 Å². The minimum atomic E-state index is -3.80. The third-order valence-corrected chi connectivity index (χ3v) is 7.00. The SMILES string of the molecule is Cc1ccc(S(=O)(=O)NCC[C@H](CO)NS(=O)(=O)c2ccc(C)cc2)cc1. The second-order valence-corrected chi connectivity index (χ2v) is 9.79. The first kappa shape index (κ1) is 21.5. The summed E-state index contributed by atoms with van der Waals surface area (Å²) in [4.78, 5) is 0.223. The molecule has 9 heteroatoms. The number of rotatable bonds is 9. The molecular formula is C18H24N2O5S2. The maximum absolute atomic E-state index is 12.4. The van der Waals surface area contributed by atoms with Gasteiger partial charge in [0.1, 0.15) is 0 Å². The van der Waals surface area contributed by atoms with Gasteiger partial charge in [-0.2, -0.15) is 0 Å². The average molecular weight is 413 g/mol. The van der Waals surface area contributed by atoms with Crippen LogP contribution in [0.2, 0.25) is 0 Å². The molecule has 2 aromatic rings. The first-order valence-electron chi connectivity index (χ1n) is 8.40. The molecule has 0 aliphatic rings. The first-order chi connectivity index (χ1) is 12.6. The van der Waals surface area contributed by atoms with Gasteiger partial charge in [-0.15, -0.1) is 0 Å². The molecule has 3 N–H and O–H groups in total. The average Bonchev–Trinajstić information content (AvgIpc) is 2.61. The van der Waals surface area contributed by atoms with Gasteiger partial charge in [-0.1, -0.05) is 35.4 Å². The summed E-state index contributed by atoms with van der Waals surface area (Å²) in [6, 6.07) is 11.9. The highest BCUT2D eigenvalue weighted by atomic mass is 32.2. The summed E-state index contributed by atoms with van der Waals surface area (Å²) in [7, 11) is -7.49. The van der Waals surface area contributed by atoms with Crippen LogP contribution in [0.25, 0.3) is 0 Å². The molecule has 0 aromatic heterocycles. The van der Waals surface area contributed by atoms with Crippen molar-refractivity contribution in [3.8, 4) is 0 Å². The Morgan fingerprint density at radius 1 is 0.815 bits per heavy atom. The third-order valence-electron chi connectivity index (χ3n) is 3.99. The number of aliphatic hydroxyl groups excluding tert-OH is 1. The van der Waals surface area contributed by atoms with Crippen LogP contribution in [0.3, 0.4) is 0 Å². The smallest absolute Gasteiger partial charge is 0.240 e. The van der Waals surface area contributed by atoms with Crippen LogP contribution >= 0.6 is 0 Å². The second kappa shape index (κ2) is 8.94. The van der Waals surface area contributed by atoms with Crippen molar-refractivity contribution in [1.82, 2.24) is 9.44 Å². The van der Waals surface area contributed by atoms with Crippen LogP contribution in [0.1, 0.15) is 17.5 Å². The lowest BCUT2D eigenvalue weighted by molar-refractivity contribution is 0.251. The fourth-order valence-corrected chi connectivity index (χ4v) is 4.67. The van der Waals surface area contributed by atoms with Crippen LogP contribution in [-0.4, -0.2) is 41.1 Å². The number of hydrogen-bond acceptors (Lipinski definition) is 5. The zero-order valence-corrected chi connectivity index (χ0v) is 16.8. The van der Waals surface area contributed by atoms with Crippen LogP contribution in [0.5, 0.6) is 0 Å². The summed E-state index contributed by atoms with van der Waals surface area (Å²) >= 11 is 0. The minimum Gasteiger partial charge on any atom is -0.395 e. The summed E-state index contributed by atoms with van der Waals surface area (Å²) in [5.41, 5.74) is 1.87. The van der Waals surface area contributed by atoms with Gasteiger partial charge in [0.05, 0.1) is 16.4 Å². The Labute approximate surface area is 160 Å². The predicted molar refractivity (Wildman–Crippen MR) is 103 cm³/mol. The predicted octanol–water partition coefficient (Wildman–Crippen LogP) is 1.31. The van der Waals surface area contributed by atoms with Gasteiger partial charge in [-0.25, -0.2) is 26.3 Å². The van der Waals surface area contributed by atoms with Crippen LogP contribution < -0.4 is 9.44 Å². The Morgan fingerprint density at radius 2 is 1.26 bits per heavy atom. The lowest BCUT2D eigenvalue weighted by Gasteiger charge is -2.17. The maximum Gasteiger partial charge on any atom is 0.240 e. The number of aliphatic hydroxyl groups is 1. The highest BCUT2D eigenvalue weighted by molar-refractivity contribution is 7.89. The zero-order valence-electron chi connectivity index (χ0n) is 15.2. The molecule has 27 heavy (non-hydrogen) atoms. The van der Waals surface area contributed by atoms with Gasteiger partial charge in [0, 0.05) is 12.6 Å². The van der Waals surface area contributed by atoms with Gasteiger partial charge in [0.15, 0.2) is 0 Å². The lowest BCUT2D eigenvalue weighted by atomic mass is 10.2. The fourth-order valence-electron chi connectivity index (χ4n) is 2.36. The summed E-state index contributed by atoms with van der Waals surface area (Å²) in [6.45, 7) is 3.24. The van der Waals surface area contributed by atoms with Crippen molar-refractivity contribution in [2.45, 2.75) is 36.1 Å². The molecule has 0 fully saturated rings. The number of benzene rings is 2. The quantitative estimate of drug-likeness (QED) is 0.575. The van der Waals surface area contributed by atoms with Gasteiger partial charge in [0.2, 0.25) is 20.0 Å². The van der Waals surface area contributed by atoms with Crippen molar-refractivity contribution in [2.24, 2.45) is 0 Å². The Balaban J connectivity index is 1.97. The van der Waals surface area contributed by atoms with E-state index in [4.69, 9.17) is 0 Å². The van der Waals surface area contributed by atoms with E-state index in [-0.39, 0.29) is 22.8 Å². The van der Waals surface area contributed by atoms with Crippen LogP contribution in [0.15, 0.2) is 58.3 Å². The van der Waals surface area contributed by atoms with Gasteiger partial charge in [0.25, 0.3) is 0 Å². The van der Waals surface area contributed by atoms with Crippen molar-refractivity contribution in [3.05, 3.63) is 59.7 Å². The standard InChI is InChI=1S/C18H24N2O5S2/c1-14-3-7-17(8-4-14)26(22,23)19-12-11-16(13-21)20-27(24,25)18-9-5-15(2)6-10-18/h3-10,16,19-21H,11-13H2,1-2H3/t16-/m1/s1. The topological polar surface area (TPSA) is 113 Å². The molecule has 1 atom stereocenters. The second-order valence-electron chi connectivity index (χ2n) is 6.31. The lowest BCUT2D eigenvalue weighted by Crippen LogP contribution is -2.40. The Morgan fingerprint density at radius 3 is 1.70 bits per heavy atom. The molecule has 0 saturated heterocycles. The molecule has 0 bridgehead atoms. The largest absolute Gasteiger partial charge is 0.395 e. The molecule has 2 aromatic carbocycles. The maximum atomic E-state index is 12.4. The molecule has 0 saturated carbocycles. The molecule has 2 rings (SSSR count). The normalized spacial score (nSPS) is 13.4. The highest BCUT2D eigenvalue weighted by Gasteiger charge is 2.20. The number of aryl methyl sites for hydroxylation is 2. The Kier molecular flexibility index (Phi) is 7.12. The third kappa shape index (κ3) is 6.12. The van der Waals surface area contributed by atoms with Crippen LogP contribution in [0, 0.1) is 13.8 Å². The first-order valence-corrected chi connectivity index (χ1v) is 11.4. The zero-order chi connectivity index (χ0) is 20.1. The monoisotopic (exact) mass is 412 g/mol. The van der Waals surface area contributed by atoms with Crippen molar-refractivity contribution < 1.29 is 21.9 Å².